The van der Waals surface area contributed by atoms with Crippen molar-refractivity contribution in [3.05, 3.63) is 355 Å². The van der Waals surface area contributed by atoms with Crippen LogP contribution >= 0.6 is 0 Å². The summed E-state index contributed by atoms with van der Waals surface area (Å²) in [4.78, 5) is 59.3. The Hall–Kier alpha value is -12.1. The van der Waals surface area contributed by atoms with Crippen LogP contribution in [0.4, 0.5) is 10.5 Å². The number of aromatic nitrogens is 2. The van der Waals surface area contributed by atoms with Gasteiger partial charge in [0.1, 0.15) is 22.8 Å². The van der Waals surface area contributed by atoms with E-state index in [1.807, 2.05) is 98.9 Å². The van der Waals surface area contributed by atoms with Crippen molar-refractivity contribution >= 4 is 63.2 Å². The van der Waals surface area contributed by atoms with Crippen LogP contribution in [0.5, 0.6) is 11.5 Å². The van der Waals surface area contributed by atoms with Crippen LogP contribution in [0, 0.1) is 19.8 Å². The van der Waals surface area contributed by atoms with Gasteiger partial charge in [0.2, 0.25) is 12.7 Å². The lowest BCUT2D eigenvalue weighted by molar-refractivity contribution is -0.134. The van der Waals surface area contributed by atoms with Crippen LogP contribution in [-0.2, 0) is 61.8 Å². The fourth-order valence-electron chi connectivity index (χ4n) is 13.3. The SMILES string of the molecule is C=C(OC)c1cc(C(C)C)c[nH]1.CC(=O)Cc1ccc(C(C)C)cc1.CC(=O)Nc1cccc(C(C)C)c1.CC(C)C1=CCC=C1.CC(C)c1ccc(CS(C)(=O)=O)cc1.CC(C)c1ccc2c(c1)C=CC2.CC(C)c1ccc2c(c1)OCO2.COC(=O)/C=C/c1ccc(C(C)C)cc1.COC(=O)c1cc(C(C)C)cn1C(=O)OC(C)(C)C.Cc1ccc(C(C)C)cc1.Cc1ccc(C(C)C)cc1. The molecule has 748 valence electrons. The average Bonchev–Trinajstić information content (AvgIpc) is 1.68. The number of methoxy groups -OCH3 is 3. The van der Waals surface area contributed by atoms with E-state index in [-0.39, 0.29) is 35.0 Å². The van der Waals surface area contributed by atoms with Gasteiger partial charge in [-0.2, -0.15) is 0 Å². The number of nitrogens with zero attached hydrogens (tertiary/aromatic N) is 1. The minimum atomic E-state index is -2.91. The van der Waals surface area contributed by atoms with Crippen molar-refractivity contribution in [3.63, 3.8) is 0 Å². The molecule has 16 nitrogen and oxygen atoms in total. The first kappa shape index (κ1) is 120. The Labute approximate surface area is 831 Å². The number of allylic oxidation sites excluding steroid dienone is 5. The number of rotatable bonds is 21. The van der Waals surface area contributed by atoms with E-state index in [4.69, 9.17) is 18.9 Å². The van der Waals surface area contributed by atoms with E-state index in [0.717, 1.165) is 58.0 Å². The van der Waals surface area contributed by atoms with Gasteiger partial charge in [-0.25, -0.2) is 27.4 Å². The van der Waals surface area contributed by atoms with Gasteiger partial charge >= 0.3 is 18.0 Å². The molecule has 0 atom stereocenters. The fourth-order valence-corrected chi connectivity index (χ4v) is 14.1. The summed E-state index contributed by atoms with van der Waals surface area (Å²) in [5.41, 5.74) is 24.3. The molecular formula is C121H165N3O13S. The fraction of sp³-hybridized carbons (Fsp3) is 0.413. The molecule has 8 aromatic carbocycles. The normalized spacial score (nSPS) is 11.8. The number of ether oxygens (including phenoxy) is 6. The van der Waals surface area contributed by atoms with Crippen LogP contribution < -0.4 is 14.8 Å². The number of ketones is 1. The number of aryl methyl sites for hydroxylation is 2. The van der Waals surface area contributed by atoms with Crippen LogP contribution in [0.1, 0.15) is 363 Å². The number of fused-ring (bicyclic) bond motifs is 2. The van der Waals surface area contributed by atoms with Gasteiger partial charge < -0.3 is 38.7 Å². The predicted octanol–water partition coefficient (Wildman–Crippen LogP) is 31.7. The Balaban J connectivity index is 0.000000393. The topological polar surface area (TPSA) is 208 Å². The number of hydrogen-bond donors (Lipinski definition) is 2. The Bertz CT molecular complexity index is 5530. The van der Waals surface area contributed by atoms with Gasteiger partial charge in [-0.1, -0.05) is 358 Å². The third kappa shape index (κ3) is 47.3. The van der Waals surface area contributed by atoms with Crippen LogP contribution in [0.2, 0.25) is 0 Å². The van der Waals surface area contributed by atoms with Crippen molar-refractivity contribution in [2.24, 2.45) is 5.92 Å². The summed E-state index contributed by atoms with van der Waals surface area (Å²) in [6, 6.07) is 66.1. The van der Waals surface area contributed by atoms with Crippen molar-refractivity contribution in [3.8, 4) is 11.5 Å². The average molecular weight is 1900 g/mol. The highest BCUT2D eigenvalue weighted by atomic mass is 32.2. The minimum Gasteiger partial charge on any atom is -0.495 e. The van der Waals surface area contributed by atoms with Gasteiger partial charge in [-0.05, 0) is 251 Å². The molecular weight excluding hydrogens is 1740 g/mol. The highest BCUT2D eigenvalue weighted by molar-refractivity contribution is 7.89. The summed E-state index contributed by atoms with van der Waals surface area (Å²) in [6.45, 7) is 64.3. The number of Topliss-reactive ketones (excluding diaryl/α,β-unsaturated/α-hetero) is 1. The molecule has 0 saturated heterocycles. The lowest BCUT2D eigenvalue weighted by atomic mass is 9.99. The molecule has 2 aromatic heterocycles. The number of esters is 2. The number of nitrogens with one attached hydrogen (secondary N) is 2. The van der Waals surface area contributed by atoms with Gasteiger partial charge in [0, 0.05) is 43.8 Å². The van der Waals surface area contributed by atoms with Gasteiger partial charge in [0.15, 0.2) is 21.3 Å². The molecule has 0 saturated carbocycles. The van der Waals surface area contributed by atoms with E-state index in [1.165, 1.54) is 116 Å². The van der Waals surface area contributed by atoms with Crippen molar-refractivity contribution < 1.29 is 60.8 Å². The number of carbonyl (C=O) groups excluding carboxylic acids is 5. The number of aromatic amines is 1. The maximum Gasteiger partial charge on any atom is 0.419 e. The molecule has 2 aliphatic carbocycles. The first-order chi connectivity index (χ1) is 64.7. The van der Waals surface area contributed by atoms with Crippen LogP contribution in [0.25, 0.3) is 17.9 Å². The Morgan fingerprint density at radius 3 is 1.35 bits per heavy atom. The van der Waals surface area contributed by atoms with Crippen LogP contribution in [0.3, 0.4) is 0 Å². The zero-order valence-corrected chi connectivity index (χ0v) is 90.2. The summed E-state index contributed by atoms with van der Waals surface area (Å²) < 4.78 is 53.2. The molecule has 3 aliphatic rings. The van der Waals surface area contributed by atoms with E-state index in [9.17, 15) is 32.4 Å². The number of sulfone groups is 1. The first-order valence-electron chi connectivity index (χ1n) is 48.5. The summed E-state index contributed by atoms with van der Waals surface area (Å²) >= 11 is 0. The van der Waals surface area contributed by atoms with Gasteiger partial charge in [-0.15, -0.1) is 0 Å². The molecule has 10 aromatic rings. The zero-order valence-electron chi connectivity index (χ0n) is 89.4. The Morgan fingerprint density at radius 1 is 0.486 bits per heavy atom. The van der Waals surface area contributed by atoms with Gasteiger partial charge in [0.25, 0.3) is 0 Å². The van der Waals surface area contributed by atoms with Crippen LogP contribution in [-0.4, -0.2) is 87.7 Å². The highest BCUT2D eigenvalue weighted by Crippen LogP contribution is 2.35. The van der Waals surface area contributed by atoms with E-state index in [2.05, 4.69) is 318 Å². The predicted molar refractivity (Wildman–Crippen MR) is 580 cm³/mol. The monoisotopic (exact) mass is 1900 g/mol. The number of H-pyrrole nitrogens is 1. The lowest BCUT2D eigenvalue weighted by Crippen LogP contribution is -2.28. The van der Waals surface area contributed by atoms with Crippen molar-refractivity contribution in [2.75, 3.05) is 39.7 Å². The standard InChI is InChI=1S/C14H21NO4.C13H16O2.C12H16O.C12H14.C11H15NO.C11H16O2S.C10H15NO.C10H12O2.2C10H14.C8H12/c1-9(2)10-7-11(12(16)18-6)15(8-10)13(17)19-14(3,4)5;1-10(2)12-7-4-11(5-8-12)6-9-13(14)15-3;1-9(2)12-6-4-11(5-7-12)8-10(3)13;1-9(2)11-7-6-10-4-3-5-12(10)8-11;1-8(2)10-5-4-6-11(7-10)12-9(3)13;1-9(2)11-6-4-10(5-7-11)8-14(3,12)13;1-7(2)9-5-10(11-6-9)8(3)12-4;1-7(2)8-3-4-9-10(5-8)12-6-11-9;2*1-8(2)10-6-4-9(3)5-7-10;1-7(2)8-5-3-4-6-8/h7-9H,1-6H3;4-10H,1-3H3;4-7,9H,8H2,1-3H3;3,5-9H,4H2,1-2H3;4-8H,1-3H3,(H,12,13);4-7,9H,8H2,1-3H3;5-7,11H,3H2,1-2,4H3;3-5,7H,6H2,1-2H3;2*4-8H,1-3H3;3,5-7H,4H2,1-2H3/b;9-6+;;;;;;;;;. The molecule has 3 heterocycles. The third-order valence-electron chi connectivity index (χ3n) is 22.2. The second-order valence-electron chi connectivity index (χ2n) is 39.3. The number of hydrogen-bond acceptors (Lipinski definition) is 13. The molecule has 1 amide bonds. The second kappa shape index (κ2) is 61.3. The number of anilines is 1. The van der Waals surface area contributed by atoms with E-state index in [0.29, 0.717) is 78.2 Å². The maximum atomic E-state index is 12.1. The smallest absolute Gasteiger partial charge is 0.419 e. The molecule has 0 unspecified atom stereocenters. The van der Waals surface area contributed by atoms with Crippen LogP contribution in [0.15, 0.2) is 249 Å². The van der Waals surface area contributed by atoms with Gasteiger partial charge in [0.05, 0.1) is 32.8 Å². The number of benzene rings is 8. The van der Waals surface area contributed by atoms with Gasteiger partial charge in [-0.3, -0.25) is 9.59 Å². The second-order valence-corrected chi connectivity index (χ2v) is 41.4. The van der Waals surface area contributed by atoms with Crippen molar-refractivity contribution in [1.82, 2.24) is 9.55 Å². The molecule has 1 aliphatic heterocycles. The van der Waals surface area contributed by atoms with E-state index >= 15 is 0 Å². The Kier molecular flexibility index (Phi) is 53.3. The highest BCUT2D eigenvalue weighted by Gasteiger charge is 2.25. The number of carbonyl (C=O) groups is 5. The molecule has 17 heteroatoms. The first-order valence-corrected chi connectivity index (χ1v) is 50.5. The molecule has 0 bridgehead atoms. The number of amides is 1. The maximum absolute atomic E-state index is 12.1. The minimum absolute atomic E-state index is 0.0269. The quantitative estimate of drug-likeness (QED) is 0.0297. The largest absolute Gasteiger partial charge is 0.495 e. The summed E-state index contributed by atoms with van der Waals surface area (Å²) in [6.07, 6.45) is 21.4. The molecule has 13 rings (SSSR count). The summed E-state index contributed by atoms with van der Waals surface area (Å²) in [5.74, 6) is 7.88. The molecule has 138 heavy (non-hydrogen) atoms. The zero-order chi connectivity index (χ0) is 104. The summed E-state index contributed by atoms with van der Waals surface area (Å²) in [7, 11) is 1.36. The lowest BCUT2D eigenvalue weighted by Gasteiger charge is -2.20. The summed E-state index contributed by atoms with van der Waals surface area (Å²) in [5, 5.41) is 2.76. The van der Waals surface area contributed by atoms with E-state index < -0.39 is 27.5 Å². The third-order valence-corrected chi connectivity index (χ3v) is 23.0. The molecule has 2 N–H and O–H groups in total. The van der Waals surface area contributed by atoms with Crippen molar-refractivity contribution in [1.29, 1.82) is 0 Å². The Morgan fingerprint density at radius 2 is 0.935 bits per heavy atom. The van der Waals surface area contributed by atoms with Crippen molar-refractivity contribution in [2.45, 2.75) is 291 Å². The molecule has 0 radical (unpaired) electrons. The molecule has 0 spiro atoms. The molecule has 0 fully saturated rings. The van der Waals surface area contributed by atoms with E-state index in [1.54, 1.807) is 53.1 Å².